The van der Waals surface area contributed by atoms with E-state index in [2.05, 4.69) is 23.1 Å². The van der Waals surface area contributed by atoms with Crippen molar-refractivity contribution in [2.24, 2.45) is 9.98 Å². The van der Waals surface area contributed by atoms with Crippen molar-refractivity contribution < 1.29 is 10.2 Å². The Kier molecular flexibility index (Phi) is 7.04. The number of nitrogens with zero attached hydrogens (tertiary/aromatic N) is 4. The van der Waals surface area contributed by atoms with Crippen molar-refractivity contribution in [1.29, 1.82) is 0 Å². The van der Waals surface area contributed by atoms with Gasteiger partial charge in [0.1, 0.15) is 11.5 Å². The number of rotatable bonds is 8. The lowest BCUT2D eigenvalue weighted by atomic mass is 10.1. The van der Waals surface area contributed by atoms with E-state index in [-0.39, 0.29) is 11.5 Å². The average molecular weight is 499 g/mol. The van der Waals surface area contributed by atoms with Gasteiger partial charge in [0, 0.05) is 23.6 Å². The first kappa shape index (κ1) is 24.6. The van der Waals surface area contributed by atoms with E-state index in [1.807, 2.05) is 60.7 Å². The Hall–Kier alpha value is -5.10. The molecule has 0 fully saturated rings. The summed E-state index contributed by atoms with van der Waals surface area (Å²) in [7, 11) is 0. The first-order chi connectivity index (χ1) is 18.6. The number of aromatic nitrogens is 2. The highest BCUT2D eigenvalue weighted by atomic mass is 16.3. The Morgan fingerprint density at radius 1 is 0.605 bits per heavy atom. The quantitative estimate of drug-likeness (QED) is 0.135. The highest BCUT2D eigenvalue weighted by molar-refractivity contribution is 5.95. The van der Waals surface area contributed by atoms with Gasteiger partial charge in [-0.3, -0.25) is 9.98 Å². The zero-order valence-corrected chi connectivity index (χ0v) is 20.7. The molecule has 0 bridgehead atoms. The molecule has 5 rings (SSSR count). The van der Waals surface area contributed by atoms with E-state index >= 15 is 0 Å². The molecule has 0 aliphatic carbocycles. The summed E-state index contributed by atoms with van der Waals surface area (Å²) in [5.74, 6) is 0.327. The molecule has 0 spiro atoms. The first-order valence-corrected chi connectivity index (χ1v) is 12.2. The Labute approximate surface area is 220 Å². The van der Waals surface area contributed by atoms with Gasteiger partial charge in [-0.15, -0.1) is 13.2 Å². The van der Waals surface area contributed by atoms with Crippen LogP contribution in [0.4, 0.5) is 11.4 Å². The van der Waals surface area contributed by atoms with Crippen molar-refractivity contribution in [2.75, 3.05) is 0 Å². The highest BCUT2D eigenvalue weighted by Gasteiger charge is 2.10. The molecular weight excluding hydrogens is 472 g/mol. The van der Waals surface area contributed by atoms with Crippen LogP contribution in [-0.4, -0.2) is 32.6 Å². The van der Waals surface area contributed by atoms with E-state index in [4.69, 9.17) is 9.97 Å². The predicted molar refractivity (Wildman–Crippen MR) is 156 cm³/mol. The van der Waals surface area contributed by atoms with Crippen molar-refractivity contribution >= 4 is 45.9 Å². The molecule has 0 aliphatic heterocycles. The summed E-state index contributed by atoms with van der Waals surface area (Å²) in [6, 6.07) is 22.4. The lowest BCUT2D eigenvalue weighted by Gasteiger charge is -2.08. The molecule has 1 heterocycles. The molecule has 0 radical (unpaired) electrons. The van der Waals surface area contributed by atoms with Crippen LogP contribution in [0.15, 0.2) is 108 Å². The SMILES string of the molecule is C=CCc1cccc(C=Nc2cc3nc4ccccc4nc3cc2N=Cc2cccc(CC=C)c2O)c1O. The summed E-state index contributed by atoms with van der Waals surface area (Å²) in [5.41, 5.74) is 6.72. The fraction of sp³-hybridized carbons (Fsp3) is 0.0625. The second-order valence-electron chi connectivity index (χ2n) is 8.75. The summed E-state index contributed by atoms with van der Waals surface area (Å²) in [6.45, 7) is 7.51. The Balaban J connectivity index is 1.63. The number of benzene rings is 4. The normalized spacial score (nSPS) is 11.6. The van der Waals surface area contributed by atoms with Gasteiger partial charge in [-0.25, -0.2) is 9.97 Å². The number of aliphatic imine (C=N–C) groups is 2. The van der Waals surface area contributed by atoms with Crippen molar-refractivity contribution in [1.82, 2.24) is 9.97 Å². The molecule has 0 amide bonds. The van der Waals surface area contributed by atoms with E-state index < -0.39 is 0 Å². The van der Waals surface area contributed by atoms with Gasteiger partial charge in [0.25, 0.3) is 0 Å². The van der Waals surface area contributed by atoms with Gasteiger partial charge in [-0.1, -0.05) is 48.6 Å². The fourth-order valence-electron chi connectivity index (χ4n) is 4.20. The lowest BCUT2D eigenvalue weighted by Crippen LogP contribution is -1.90. The number of fused-ring (bicyclic) bond motifs is 2. The monoisotopic (exact) mass is 498 g/mol. The average Bonchev–Trinajstić information content (AvgIpc) is 2.93. The second-order valence-corrected chi connectivity index (χ2v) is 8.75. The molecule has 0 atom stereocenters. The van der Waals surface area contributed by atoms with E-state index in [0.29, 0.717) is 46.4 Å². The fourth-order valence-corrected chi connectivity index (χ4v) is 4.20. The van der Waals surface area contributed by atoms with Gasteiger partial charge >= 0.3 is 0 Å². The number of allylic oxidation sites excluding steroid dienone is 2. The maximum atomic E-state index is 10.7. The molecule has 6 nitrogen and oxygen atoms in total. The predicted octanol–water partition coefficient (Wildman–Crippen LogP) is 7.15. The molecule has 2 N–H and O–H groups in total. The highest BCUT2D eigenvalue weighted by Crippen LogP contribution is 2.34. The van der Waals surface area contributed by atoms with Crippen LogP contribution in [0.1, 0.15) is 22.3 Å². The van der Waals surface area contributed by atoms with E-state index in [9.17, 15) is 10.2 Å². The lowest BCUT2D eigenvalue weighted by molar-refractivity contribution is 0.468. The van der Waals surface area contributed by atoms with Crippen LogP contribution in [0.2, 0.25) is 0 Å². The van der Waals surface area contributed by atoms with Gasteiger partial charge in [0.05, 0.1) is 33.4 Å². The molecule has 5 aromatic rings. The summed E-state index contributed by atoms with van der Waals surface area (Å²) < 4.78 is 0. The van der Waals surface area contributed by atoms with Crippen molar-refractivity contribution in [3.8, 4) is 11.5 Å². The van der Waals surface area contributed by atoms with E-state index in [1.165, 1.54) is 0 Å². The van der Waals surface area contributed by atoms with E-state index in [1.54, 1.807) is 36.7 Å². The standard InChI is InChI=1S/C32H26N4O2/c1-3-9-21-11-7-13-23(31(21)37)19-33-27-17-29-30(36-26-16-6-5-15-25(26)35-29)18-28(27)34-20-24-14-8-12-22(10-4-2)32(24)38/h3-8,11-20,37-38H,1-2,9-10H2. The molecule has 0 saturated carbocycles. The minimum absolute atomic E-state index is 0.164. The molecule has 0 unspecified atom stereocenters. The van der Waals surface area contributed by atoms with Gasteiger partial charge in [0.2, 0.25) is 0 Å². The van der Waals surface area contributed by atoms with Crippen molar-refractivity contribution in [3.63, 3.8) is 0 Å². The Morgan fingerprint density at radius 3 is 1.47 bits per heavy atom. The van der Waals surface area contributed by atoms with Crippen LogP contribution in [0.5, 0.6) is 11.5 Å². The zero-order chi connectivity index (χ0) is 26.5. The minimum atomic E-state index is 0.164. The third kappa shape index (κ3) is 5.06. The second kappa shape index (κ2) is 10.9. The van der Waals surface area contributed by atoms with Crippen LogP contribution in [0.25, 0.3) is 22.1 Å². The van der Waals surface area contributed by atoms with Crippen LogP contribution < -0.4 is 0 Å². The molecule has 6 heteroatoms. The maximum Gasteiger partial charge on any atom is 0.127 e. The molecule has 186 valence electrons. The summed E-state index contributed by atoms with van der Waals surface area (Å²) in [5, 5.41) is 21.4. The van der Waals surface area contributed by atoms with Gasteiger partial charge < -0.3 is 10.2 Å². The van der Waals surface area contributed by atoms with Gasteiger partial charge in [-0.05, 0) is 60.4 Å². The first-order valence-electron chi connectivity index (χ1n) is 12.2. The minimum Gasteiger partial charge on any atom is -0.507 e. The molecule has 4 aromatic carbocycles. The van der Waals surface area contributed by atoms with Crippen molar-refractivity contribution in [2.45, 2.75) is 12.8 Å². The summed E-state index contributed by atoms with van der Waals surface area (Å²) >= 11 is 0. The molecule has 1 aromatic heterocycles. The molecule has 0 aliphatic rings. The summed E-state index contributed by atoms with van der Waals surface area (Å²) in [4.78, 5) is 18.9. The number of phenolic OH excluding ortho intramolecular Hbond substituents is 2. The van der Waals surface area contributed by atoms with Gasteiger partial charge in [-0.2, -0.15) is 0 Å². The van der Waals surface area contributed by atoms with Crippen LogP contribution in [0, 0.1) is 0 Å². The smallest absolute Gasteiger partial charge is 0.127 e. The number of para-hydroxylation sites is 4. The molecule has 0 saturated heterocycles. The number of phenols is 2. The topological polar surface area (TPSA) is 91.0 Å². The number of hydrogen-bond donors (Lipinski definition) is 2. The zero-order valence-electron chi connectivity index (χ0n) is 20.7. The molecule has 38 heavy (non-hydrogen) atoms. The van der Waals surface area contributed by atoms with E-state index in [0.717, 1.165) is 22.2 Å². The van der Waals surface area contributed by atoms with Crippen molar-refractivity contribution in [3.05, 3.63) is 120 Å². The van der Waals surface area contributed by atoms with Gasteiger partial charge in [0.15, 0.2) is 0 Å². The maximum absolute atomic E-state index is 10.7. The largest absolute Gasteiger partial charge is 0.507 e. The third-order valence-corrected chi connectivity index (χ3v) is 6.15. The summed E-state index contributed by atoms with van der Waals surface area (Å²) in [6.07, 6.45) is 7.81. The number of hydrogen-bond acceptors (Lipinski definition) is 6. The molecular formula is C32H26N4O2. The Bertz CT molecular complexity index is 1610. The van der Waals surface area contributed by atoms with Crippen LogP contribution in [0.3, 0.4) is 0 Å². The Morgan fingerprint density at radius 2 is 1.05 bits per heavy atom. The van der Waals surface area contributed by atoms with Crippen LogP contribution in [-0.2, 0) is 12.8 Å². The number of aromatic hydroxyl groups is 2. The third-order valence-electron chi connectivity index (χ3n) is 6.15. The van der Waals surface area contributed by atoms with Crippen LogP contribution >= 0.6 is 0 Å².